The van der Waals surface area contributed by atoms with E-state index in [1.54, 1.807) is 0 Å². The lowest BCUT2D eigenvalue weighted by Crippen LogP contribution is -2.37. The van der Waals surface area contributed by atoms with Gasteiger partial charge in [0, 0.05) is 31.5 Å². The van der Waals surface area contributed by atoms with Crippen molar-refractivity contribution in [1.29, 1.82) is 0 Å². The number of aromatic nitrogens is 2. The molecule has 0 radical (unpaired) electrons. The molecule has 1 amide bonds. The summed E-state index contributed by atoms with van der Waals surface area (Å²) >= 11 is 0. The van der Waals surface area contributed by atoms with Gasteiger partial charge in [0.25, 0.3) is 0 Å². The number of hydrogen-bond donors (Lipinski definition) is 0. The zero-order valence-corrected chi connectivity index (χ0v) is 18.8. The molecule has 4 nitrogen and oxygen atoms in total. The molecule has 3 aromatic rings. The van der Waals surface area contributed by atoms with E-state index in [-0.39, 0.29) is 5.92 Å². The van der Waals surface area contributed by atoms with E-state index in [2.05, 4.69) is 71.8 Å². The molecule has 1 atom stereocenters. The van der Waals surface area contributed by atoms with Crippen molar-refractivity contribution >= 4 is 16.9 Å². The van der Waals surface area contributed by atoms with Gasteiger partial charge in [-0.25, -0.2) is 4.98 Å². The third-order valence-electron chi connectivity index (χ3n) is 7.21. The van der Waals surface area contributed by atoms with Gasteiger partial charge in [-0.3, -0.25) is 4.79 Å². The van der Waals surface area contributed by atoms with Crippen LogP contribution in [-0.4, -0.2) is 32.9 Å². The van der Waals surface area contributed by atoms with E-state index < -0.39 is 0 Å². The maximum absolute atomic E-state index is 12.9. The normalized spacial score (nSPS) is 20.3. The van der Waals surface area contributed by atoms with Crippen LogP contribution in [0.5, 0.6) is 0 Å². The first kappa shape index (κ1) is 20.3. The van der Waals surface area contributed by atoms with Gasteiger partial charge in [-0.05, 0) is 42.0 Å². The molecule has 5 rings (SSSR count). The number of amides is 1. The van der Waals surface area contributed by atoms with Gasteiger partial charge in [0.1, 0.15) is 5.82 Å². The van der Waals surface area contributed by atoms with Gasteiger partial charge < -0.3 is 9.47 Å². The van der Waals surface area contributed by atoms with E-state index in [1.807, 2.05) is 0 Å². The maximum Gasteiger partial charge on any atom is 0.223 e. The van der Waals surface area contributed by atoms with Gasteiger partial charge in [0.15, 0.2) is 0 Å². The standard InChI is InChI=1S/C27H33N3O/c1-19(2)21-14-12-20(13-15-21)17-30-25-11-7-6-10-24(25)28-27(30)22-16-26(31)29(18-22)23-8-4-3-5-9-23/h6-7,10-15,19,22-23H,3-5,8-9,16-18H2,1-2H3. The minimum Gasteiger partial charge on any atom is -0.339 e. The lowest BCUT2D eigenvalue weighted by molar-refractivity contribution is -0.130. The van der Waals surface area contributed by atoms with Gasteiger partial charge in [-0.15, -0.1) is 0 Å². The molecule has 2 heterocycles. The molecule has 0 bridgehead atoms. The van der Waals surface area contributed by atoms with Crippen LogP contribution in [0.25, 0.3) is 11.0 Å². The molecule has 31 heavy (non-hydrogen) atoms. The number of carbonyl (C=O) groups is 1. The molecule has 2 aromatic carbocycles. The van der Waals surface area contributed by atoms with Crippen LogP contribution in [0.3, 0.4) is 0 Å². The minimum atomic E-state index is 0.178. The second-order valence-corrected chi connectivity index (χ2v) is 9.68. The zero-order valence-electron chi connectivity index (χ0n) is 18.8. The number of para-hydroxylation sites is 2. The first-order valence-corrected chi connectivity index (χ1v) is 11.9. The van der Waals surface area contributed by atoms with Crippen molar-refractivity contribution < 1.29 is 4.79 Å². The fraction of sp³-hybridized carbons (Fsp3) is 0.481. The molecule has 1 unspecified atom stereocenters. The Balaban J connectivity index is 1.45. The van der Waals surface area contributed by atoms with Crippen molar-refractivity contribution in [3.05, 3.63) is 65.5 Å². The molecule has 1 aliphatic carbocycles. The lowest BCUT2D eigenvalue weighted by Gasteiger charge is -2.31. The average Bonchev–Trinajstić information content (AvgIpc) is 3.35. The van der Waals surface area contributed by atoms with Crippen LogP contribution in [0.15, 0.2) is 48.5 Å². The third kappa shape index (κ3) is 4.00. The summed E-state index contributed by atoms with van der Waals surface area (Å²) in [5.41, 5.74) is 4.83. The monoisotopic (exact) mass is 415 g/mol. The van der Waals surface area contributed by atoms with Crippen LogP contribution < -0.4 is 0 Å². The summed E-state index contributed by atoms with van der Waals surface area (Å²) in [6.07, 6.45) is 6.74. The highest BCUT2D eigenvalue weighted by molar-refractivity contribution is 5.81. The van der Waals surface area contributed by atoms with Gasteiger partial charge >= 0.3 is 0 Å². The van der Waals surface area contributed by atoms with Gasteiger partial charge in [-0.1, -0.05) is 69.5 Å². The number of hydrogen-bond acceptors (Lipinski definition) is 2. The Hall–Kier alpha value is -2.62. The Morgan fingerprint density at radius 1 is 1.00 bits per heavy atom. The minimum absolute atomic E-state index is 0.178. The quantitative estimate of drug-likeness (QED) is 0.524. The van der Waals surface area contributed by atoms with Crippen LogP contribution >= 0.6 is 0 Å². The second kappa shape index (κ2) is 8.49. The van der Waals surface area contributed by atoms with Gasteiger partial charge in [0.05, 0.1) is 11.0 Å². The van der Waals surface area contributed by atoms with Crippen molar-refractivity contribution in [1.82, 2.24) is 14.5 Å². The van der Waals surface area contributed by atoms with E-state index in [9.17, 15) is 4.79 Å². The molecule has 0 spiro atoms. The molecule has 162 valence electrons. The van der Waals surface area contributed by atoms with Crippen LogP contribution in [-0.2, 0) is 11.3 Å². The topological polar surface area (TPSA) is 38.1 Å². The molecule has 1 aromatic heterocycles. The maximum atomic E-state index is 12.9. The molecule has 1 saturated heterocycles. The van der Waals surface area contributed by atoms with E-state index in [1.165, 1.54) is 30.4 Å². The van der Waals surface area contributed by atoms with Crippen molar-refractivity contribution in [2.75, 3.05) is 6.54 Å². The summed E-state index contributed by atoms with van der Waals surface area (Å²) in [6, 6.07) is 17.8. The molecule has 1 aliphatic heterocycles. The Kier molecular flexibility index (Phi) is 5.56. The third-order valence-corrected chi connectivity index (χ3v) is 7.21. The Bertz CT molecular complexity index is 1060. The smallest absolute Gasteiger partial charge is 0.223 e. The molecule has 2 aliphatic rings. The number of likely N-dealkylation sites (tertiary alicyclic amines) is 1. The summed E-state index contributed by atoms with van der Waals surface area (Å²) in [7, 11) is 0. The Morgan fingerprint density at radius 3 is 2.48 bits per heavy atom. The summed E-state index contributed by atoms with van der Waals surface area (Å²) in [5, 5.41) is 0. The lowest BCUT2D eigenvalue weighted by atomic mass is 9.94. The largest absolute Gasteiger partial charge is 0.339 e. The average molecular weight is 416 g/mol. The number of benzene rings is 2. The molecular weight excluding hydrogens is 382 g/mol. The van der Waals surface area contributed by atoms with Gasteiger partial charge in [-0.2, -0.15) is 0 Å². The van der Waals surface area contributed by atoms with E-state index in [0.29, 0.717) is 24.3 Å². The number of imidazole rings is 1. The zero-order chi connectivity index (χ0) is 21.4. The highest BCUT2D eigenvalue weighted by atomic mass is 16.2. The van der Waals surface area contributed by atoms with Crippen LogP contribution in [0, 0.1) is 0 Å². The fourth-order valence-corrected chi connectivity index (χ4v) is 5.41. The number of fused-ring (bicyclic) bond motifs is 1. The van der Waals surface area contributed by atoms with E-state index >= 15 is 0 Å². The number of rotatable bonds is 5. The van der Waals surface area contributed by atoms with Crippen molar-refractivity contribution in [2.24, 2.45) is 0 Å². The SMILES string of the molecule is CC(C)c1ccc(Cn2c(C3CC(=O)N(C4CCCCC4)C3)nc3ccccc32)cc1. The predicted molar refractivity (Wildman–Crippen MR) is 125 cm³/mol. The first-order chi connectivity index (χ1) is 15.1. The first-order valence-electron chi connectivity index (χ1n) is 11.9. The number of carbonyl (C=O) groups excluding carboxylic acids is 1. The molecule has 2 fully saturated rings. The van der Waals surface area contributed by atoms with E-state index in [0.717, 1.165) is 42.8 Å². The second-order valence-electron chi connectivity index (χ2n) is 9.68. The van der Waals surface area contributed by atoms with Crippen molar-refractivity contribution in [3.63, 3.8) is 0 Å². The van der Waals surface area contributed by atoms with Crippen molar-refractivity contribution in [2.45, 2.75) is 76.8 Å². The Morgan fingerprint density at radius 2 is 1.74 bits per heavy atom. The summed E-state index contributed by atoms with van der Waals surface area (Å²) in [6.45, 7) is 6.07. The predicted octanol–water partition coefficient (Wildman–Crippen LogP) is 5.86. The molecule has 0 N–H and O–H groups in total. The van der Waals surface area contributed by atoms with Crippen LogP contribution in [0.2, 0.25) is 0 Å². The summed E-state index contributed by atoms with van der Waals surface area (Å²) in [4.78, 5) is 20.1. The van der Waals surface area contributed by atoms with Crippen molar-refractivity contribution in [3.8, 4) is 0 Å². The molecule has 1 saturated carbocycles. The number of nitrogens with zero attached hydrogens (tertiary/aromatic N) is 3. The van der Waals surface area contributed by atoms with E-state index in [4.69, 9.17) is 4.98 Å². The summed E-state index contributed by atoms with van der Waals surface area (Å²) < 4.78 is 2.35. The highest BCUT2D eigenvalue weighted by Gasteiger charge is 2.37. The molecule has 4 heteroatoms. The van der Waals surface area contributed by atoms with Crippen LogP contribution in [0.1, 0.15) is 81.2 Å². The van der Waals surface area contributed by atoms with Crippen LogP contribution in [0.4, 0.5) is 0 Å². The van der Waals surface area contributed by atoms with Gasteiger partial charge in [0.2, 0.25) is 5.91 Å². The molecular formula is C27H33N3O. The highest BCUT2D eigenvalue weighted by Crippen LogP contribution is 2.35. The summed E-state index contributed by atoms with van der Waals surface area (Å²) in [5.74, 6) is 2.10. The Labute approximate surface area is 185 Å². The fourth-order valence-electron chi connectivity index (χ4n) is 5.41.